The van der Waals surface area contributed by atoms with Gasteiger partial charge < -0.3 is 31.2 Å². The topological polar surface area (TPSA) is 136 Å². The van der Waals surface area contributed by atoms with Crippen molar-refractivity contribution in [3.63, 3.8) is 0 Å². The monoisotopic (exact) mass is 400 g/mol. The van der Waals surface area contributed by atoms with Gasteiger partial charge in [0.1, 0.15) is 6.61 Å². The summed E-state index contributed by atoms with van der Waals surface area (Å²) in [7, 11) is 1.87. The van der Waals surface area contributed by atoms with Crippen LogP contribution in [0.4, 0.5) is 17.3 Å². The maximum atomic E-state index is 5.99. The molecule has 0 aliphatic carbocycles. The normalized spacial score (nSPS) is 14.3. The van der Waals surface area contributed by atoms with E-state index in [1.165, 1.54) is 0 Å². The lowest BCUT2D eigenvalue weighted by Gasteiger charge is -2.27. The van der Waals surface area contributed by atoms with Crippen LogP contribution in [-0.2, 0) is 11.3 Å². The molecule has 0 saturated carbocycles. The molecule has 1 saturated heterocycles. The van der Waals surface area contributed by atoms with Crippen molar-refractivity contribution >= 4 is 23.5 Å². The summed E-state index contributed by atoms with van der Waals surface area (Å²) < 4.78 is 11.2. The summed E-state index contributed by atoms with van der Waals surface area (Å²) in [5, 5.41) is 7.32. The summed E-state index contributed by atoms with van der Waals surface area (Å²) in [6.07, 6.45) is 1.62. The van der Waals surface area contributed by atoms with Crippen molar-refractivity contribution in [2.75, 3.05) is 62.6 Å². The average molecular weight is 400 g/mol. The van der Waals surface area contributed by atoms with Gasteiger partial charge >= 0.3 is 0 Å². The highest BCUT2D eigenvalue weighted by molar-refractivity contribution is 5.79. The van der Waals surface area contributed by atoms with E-state index < -0.39 is 0 Å². The minimum Gasteiger partial charge on any atom is -0.476 e. The van der Waals surface area contributed by atoms with Gasteiger partial charge in [-0.25, -0.2) is 4.98 Å². The molecule has 1 fully saturated rings. The Bertz CT molecular complexity index is 824. The highest BCUT2D eigenvalue weighted by atomic mass is 16.5. The lowest BCUT2D eigenvalue weighted by Crippen LogP contribution is -2.37. The van der Waals surface area contributed by atoms with Gasteiger partial charge in [0.2, 0.25) is 11.8 Å². The third kappa shape index (κ3) is 6.01. The van der Waals surface area contributed by atoms with Crippen molar-refractivity contribution in [2.24, 2.45) is 10.8 Å². The first kappa shape index (κ1) is 20.8. The highest BCUT2D eigenvalue weighted by Gasteiger charge is 2.16. The molecule has 6 N–H and O–H groups in total. The first-order valence-electron chi connectivity index (χ1n) is 9.56. The van der Waals surface area contributed by atoms with E-state index in [-0.39, 0.29) is 0 Å². The van der Waals surface area contributed by atoms with Crippen molar-refractivity contribution in [1.29, 1.82) is 0 Å². The van der Waals surface area contributed by atoms with Crippen molar-refractivity contribution in [2.45, 2.75) is 6.54 Å². The van der Waals surface area contributed by atoms with Crippen LogP contribution in [-0.4, -0.2) is 62.7 Å². The number of hydrogen-bond acceptors (Lipinski definition) is 10. The number of benzene rings is 1. The van der Waals surface area contributed by atoms with Crippen molar-refractivity contribution in [3.05, 3.63) is 35.5 Å². The maximum absolute atomic E-state index is 5.99. The van der Waals surface area contributed by atoms with E-state index in [9.17, 15) is 0 Å². The van der Waals surface area contributed by atoms with Gasteiger partial charge in [0.25, 0.3) is 0 Å². The second-order valence-electron chi connectivity index (χ2n) is 6.48. The molecule has 2 aromatic rings. The molecular formula is C19H28N8O2. The molecule has 0 atom stereocenters. The standard InChI is InChI=1S/C19H28N8O2/c1-22-4-7-29-18-11-15(24-19(25-18)27-5-8-28-9-6-27)13-23-26-17-10-14(12-20)2-3-16(17)21/h2-3,10-11,13,22,26H,4-9,12,20-21H2,1H3/b23-13+. The van der Waals surface area contributed by atoms with Crippen LogP contribution in [0.3, 0.4) is 0 Å². The zero-order valence-electron chi connectivity index (χ0n) is 16.6. The lowest BCUT2D eigenvalue weighted by atomic mass is 10.2. The summed E-state index contributed by atoms with van der Waals surface area (Å²) in [6.45, 7) is 4.42. The minimum atomic E-state index is 0.431. The molecule has 0 bridgehead atoms. The van der Waals surface area contributed by atoms with Crippen molar-refractivity contribution in [3.8, 4) is 5.88 Å². The fourth-order valence-corrected chi connectivity index (χ4v) is 2.73. The number of nitrogens with two attached hydrogens (primary N) is 2. The Morgan fingerprint density at radius 3 is 2.86 bits per heavy atom. The third-order valence-electron chi connectivity index (χ3n) is 4.34. The number of nitrogen functional groups attached to an aromatic ring is 1. The zero-order valence-corrected chi connectivity index (χ0v) is 16.6. The molecule has 2 heterocycles. The molecule has 0 unspecified atom stereocenters. The summed E-state index contributed by atoms with van der Waals surface area (Å²) >= 11 is 0. The maximum Gasteiger partial charge on any atom is 0.229 e. The van der Waals surface area contributed by atoms with E-state index in [4.69, 9.17) is 20.9 Å². The quantitative estimate of drug-likeness (QED) is 0.204. The van der Waals surface area contributed by atoms with E-state index in [0.29, 0.717) is 55.3 Å². The SMILES string of the molecule is CNCCOc1cc(/C=N/Nc2cc(CN)ccc2N)nc(N2CCOCC2)n1. The Morgan fingerprint density at radius 1 is 1.28 bits per heavy atom. The van der Waals surface area contributed by atoms with E-state index >= 15 is 0 Å². The van der Waals surface area contributed by atoms with E-state index in [1.807, 2.05) is 19.2 Å². The van der Waals surface area contributed by atoms with Crippen LogP contribution < -0.4 is 31.8 Å². The van der Waals surface area contributed by atoms with Gasteiger partial charge in [-0.2, -0.15) is 10.1 Å². The molecule has 29 heavy (non-hydrogen) atoms. The van der Waals surface area contributed by atoms with Gasteiger partial charge in [-0.05, 0) is 24.7 Å². The van der Waals surface area contributed by atoms with Crippen molar-refractivity contribution < 1.29 is 9.47 Å². The largest absolute Gasteiger partial charge is 0.476 e. The van der Waals surface area contributed by atoms with Crippen LogP contribution in [0.15, 0.2) is 29.4 Å². The van der Waals surface area contributed by atoms with E-state index in [0.717, 1.165) is 25.2 Å². The Balaban J connectivity index is 1.77. The van der Waals surface area contributed by atoms with Crippen LogP contribution in [0.25, 0.3) is 0 Å². The van der Waals surface area contributed by atoms with Gasteiger partial charge in [-0.3, -0.25) is 5.43 Å². The van der Waals surface area contributed by atoms with Gasteiger partial charge in [0, 0.05) is 32.2 Å². The predicted molar refractivity (Wildman–Crippen MR) is 114 cm³/mol. The first-order valence-corrected chi connectivity index (χ1v) is 9.56. The van der Waals surface area contributed by atoms with Gasteiger partial charge in [0.15, 0.2) is 0 Å². The summed E-state index contributed by atoms with van der Waals surface area (Å²) in [5.41, 5.74) is 17.5. The number of likely N-dealkylation sites (N-methyl/N-ethyl adjacent to an activating group) is 1. The molecule has 3 rings (SSSR count). The molecule has 1 aliphatic heterocycles. The van der Waals surface area contributed by atoms with Gasteiger partial charge in [-0.1, -0.05) is 6.07 Å². The Kier molecular flexibility index (Phi) is 7.56. The Labute approximate surface area is 170 Å². The number of ether oxygens (including phenoxy) is 2. The molecule has 156 valence electrons. The number of nitrogens with one attached hydrogen (secondary N) is 2. The molecule has 1 aliphatic rings. The van der Waals surface area contributed by atoms with Crippen LogP contribution in [0, 0.1) is 0 Å². The summed E-state index contributed by atoms with van der Waals surface area (Å²) in [6, 6.07) is 7.32. The minimum absolute atomic E-state index is 0.431. The van der Waals surface area contributed by atoms with Crippen molar-refractivity contribution in [1.82, 2.24) is 15.3 Å². The molecule has 0 amide bonds. The highest BCUT2D eigenvalue weighted by Crippen LogP contribution is 2.20. The Hall–Kier alpha value is -2.95. The fourth-order valence-electron chi connectivity index (χ4n) is 2.73. The number of hydrogen-bond donors (Lipinski definition) is 4. The number of nitrogens with zero attached hydrogens (tertiary/aromatic N) is 4. The number of morpholine rings is 1. The molecule has 1 aromatic heterocycles. The average Bonchev–Trinajstić information content (AvgIpc) is 2.76. The third-order valence-corrected chi connectivity index (χ3v) is 4.34. The lowest BCUT2D eigenvalue weighted by molar-refractivity contribution is 0.122. The second-order valence-corrected chi connectivity index (χ2v) is 6.48. The smallest absolute Gasteiger partial charge is 0.229 e. The zero-order chi connectivity index (χ0) is 20.5. The molecule has 0 radical (unpaired) electrons. The van der Waals surface area contributed by atoms with E-state index in [2.05, 4.69) is 30.7 Å². The molecule has 10 heteroatoms. The molecular weight excluding hydrogens is 372 g/mol. The van der Waals surface area contributed by atoms with Crippen LogP contribution >= 0.6 is 0 Å². The number of anilines is 3. The number of rotatable bonds is 9. The second kappa shape index (κ2) is 10.6. The van der Waals surface area contributed by atoms with Crippen LogP contribution in [0.1, 0.15) is 11.3 Å². The molecule has 10 nitrogen and oxygen atoms in total. The molecule has 1 aromatic carbocycles. The Morgan fingerprint density at radius 2 is 2.10 bits per heavy atom. The molecule has 0 spiro atoms. The summed E-state index contributed by atoms with van der Waals surface area (Å²) in [5.74, 6) is 1.10. The number of hydrazone groups is 1. The van der Waals surface area contributed by atoms with Gasteiger partial charge in [-0.15, -0.1) is 0 Å². The van der Waals surface area contributed by atoms with Gasteiger partial charge in [0.05, 0.1) is 36.5 Å². The van der Waals surface area contributed by atoms with E-state index in [1.54, 1.807) is 18.3 Å². The van der Waals surface area contributed by atoms with Crippen LogP contribution in [0.5, 0.6) is 5.88 Å². The predicted octanol–water partition coefficient (Wildman–Crippen LogP) is 0.398. The summed E-state index contributed by atoms with van der Waals surface area (Å²) in [4.78, 5) is 11.2. The first-order chi connectivity index (χ1) is 14.2. The number of aromatic nitrogens is 2. The van der Waals surface area contributed by atoms with Crippen LogP contribution in [0.2, 0.25) is 0 Å². The fraction of sp³-hybridized carbons (Fsp3) is 0.421.